The summed E-state index contributed by atoms with van der Waals surface area (Å²) in [6.45, 7) is 0. The highest BCUT2D eigenvalue weighted by Crippen LogP contribution is 2.85. The van der Waals surface area contributed by atoms with Gasteiger partial charge in [0.1, 0.15) is 0 Å². The Balaban J connectivity index is 1.35. The van der Waals surface area contributed by atoms with Gasteiger partial charge in [0.25, 0.3) is 0 Å². The lowest BCUT2D eigenvalue weighted by molar-refractivity contribution is 0.277. The number of hydrogen-bond acceptors (Lipinski definition) is 0. The van der Waals surface area contributed by atoms with Gasteiger partial charge in [0.2, 0.25) is 0 Å². The third-order valence-electron chi connectivity index (χ3n) is 6.96. The van der Waals surface area contributed by atoms with Crippen LogP contribution in [0.4, 0.5) is 0 Å². The molecule has 0 radical (unpaired) electrons. The largest absolute Gasteiger partial charge is 0.0530 e. The average Bonchev–Trinajstić information content (AvgIpc) is 2.96. The van der Waals surface area contributed by atoms with Crippen LogP contribution in [0.3, 0.4) is 0 Å². The van der Waals surface area contributed by atoms with Crippen LogP contribution in [0.1, 0.15) is 44.9 Å². The first-order valence-corrected chi connectivity index (χ1v) is 7.43. The van der Waals surface area contributed by atoms with Gasteiger partial charge in [-0.1, -0.05) is 25.7 Å². The highest BCUT2D eigenvalue weighted by Gasteiger charge is 2.80. The van der Waals surface area contributed by atoms with Gasteiger partial charge < -0.3 is 0 Å². The second-order valence-corrected chi connectivity index (χ2v) is 7.33. The van der Waals surface area contributed by atoms with Gasteiger partial charge in [-0.25, -0.2) is 0 Å². The van der Waals surface area contributed by atoms with Gasteiger partial charge >= 0.3 is 0 Å². The van der Waals surface area contributed by atoms with E-state index in [1.165, 1.54) is 47.3 Å². The van der Waals surface area contributed by atoms with Crippen LogP contribution in [-0.2, 0) is 0 Å². The zero-order valence-corrected chi connectivity index (χ0v) is 9.57. The van der Waals surface area contributed by atoms with E-state index in [-0.39, 0.29) is 0 Å². The van der Waals surface area contributed by atoms with E-state index in [1.807, 2.05) is 0 Å². The highest BCUT2D eigenvalue weighted by molar-refractivity contribution is 5.27. The first-order valence-electron chi connectivity index (χ1n) is 7.43. The lowest BCUT2D eigenvalue weighted by Crippen LogP contribution is -2.12. The molecule has 6 aliphatic carbocycles. The monoisotopic (exact) mass is 202 g/mol. The van der Waals surface area contributed by atoms with Crippen LogP contribution in [0.15, 0.2) is 0 Å². The molecule has 6 saturated carbocycles. The van der Waals surface area contributed by atoms with Crippen molar-refractivity contribution in [1.29, 1.82) is 0 Å². The van der Waals surface area contributed by atoms with Crippen LogP contribution in [0.5, 0.6) is 0 Å². The van der Waals surface area contributed by atoms with E-state index < -0.39 is 0 Å². The second-order valence-electron chi connectivity index (χ2n) is 7.33. The van der Waals surface area contributed by atoms with Crippen LogP contribution < -0.4 is 0 Å². The maximum atomic E-state index is 1.67. The van der Waals surface area contributed by atoms with Crippen molar-refractivity contribution in [3.63, 3.8) is 0 Å². The van der Waals surface area contributed by atoms with Gasteiger partial charge in [-0.05, 0) is 66.6 Å². The Morgan fingerprint density at radius 3 is 1.67 bits per heavy atom. The predicted octanol–water partition coefficient (Wildman–Crippen LogP) is 3.71. The minimum absolute atomic E-state index is 1.18. The molecular formula is C15H22. The van der Waals surface area contributed by atoms with Gasteiger partial charge in [-0.2, -0.15) is 0 Å². The van der Waals surface area contributed by atoms with Crippen molar-refractivity contribution in [2.24, 2.45) is 47.3 Å². The van der Waals surface area contributed by atoms with E-state index in [2.05, 4.69) is 0 Å². The molecule has 15 heavy (non-hydrogen) atoms. The quantitative estimate of drug-likeness (QED) is 0.608. The topological polar surface area (TPSA) is 0 Å². The van der Waals surface area contributed by atoms with E-state index in [0.29, 0.717) is 0 Å². The van der Waals surface area contributed by atoms with Crippen molar-refractivity contribution in [2.45, 2.75) is 44.9 Å². The molecule has 0 aromatic heterocycles. The second kappa shape index (κ2) is 2.46. The molecule has 0 aromatic rings. The molecule has 6 aliphatic rings. The van der Waals surface area contributed by atoms with E-state index >= 15 is 0 Å². The molecule has 82 valence electrons. The van der Waals surface area contributed by atoms with Crippen molar-refractivity contribution in [1.82, 2.24) is 0 Å². The summed E-state index contributed by atoms with van der Waals surface area (Å²) in [6.07, 6.45) is 11.3. The van der Waals surface area contributed by atoms with E-state index in [1.54, 1.807) is 44.9 Å². The smallest absolute Gasteiger partial charge is 0.0315 e. The van der Waals surface area contributed by atoms with Crippen molar-refractivity contribution in [2.75, 3.05) is 0 Å². The summed E-state index contributed by atoms with van der Waals surface area (Å²) in [5.74, 6) is 9.91. The molecule has 0 nitrogen and oxygen atoms in total. The molecule has 0 aliphatic heterocycles. The van der Waals surface area contributed by atoms with E-state index in [0.717, 1.165) is 0 Å². The molecule has 0 aromatic carbocycles. The lowest BCUT2D eigenvalue weighted by atomic mass is 9.82. The molecule has 0 spiro atoms. The van der Waals surface area contributed by atoms with Crippen LogP contribution in [-0.4, -0.2) is 0 Å². The van der Waals surface area contributed by atoms with Gasteiger partial charge in [-0.3, -0.25) is 0 Å². The van der Waals surface area contributed by atoms with Crippen LogP contribution in [0, 0.1) is 47.3 Å². The lowest BCUT2D eigenvalue weighted by Gasteiger charge is -2.24. The number of hydrogen-bond donors (Lipinski definition) is 0. The third-order valence-corrected chi connectivity index (χ3v) is 6.96. The minimum Gasteiger partial charge on any atom is -0.0530 e. The zero-order valence-electron chi connectivity index (χ0n) is 9.57. The standard InChI is InChI=1S/C15H22/c1-2-4-9-6-10(5-8(9)3-1)11-7-12-14-13(11)15(12)14/h8-15H,1-7H2. The number of fused-ring (bicyclic) bond motifs is 2. The third kappa shape index (κ3) is 0.913. The Morgan fingerprint density at radius 1 is 0.533 bits per heavy atom. The molecule has 0 heteroatoms. The molecule has 0 heterocycles. The summed E-state index contributed by atoms with van der Waals surface area (Å²) in [5.41, 5.74) is 0. The summed E-state index contributed by atoms with van der Waals surface area (Å²) in [7, 11) is 0. The number of rotatable bonds is 1. The zero-order chi connectivity index (χ0) is 9.57. The van der Waals surface area contributed by atoms with Crippen molar-refractivity contribution in [3.05, 3.63) is 0 Å². The fourth-order valence-electron chi connectivity index (χ4n) is 6.23. The van der Waals surface area contributed by atoms with Gasteiger partial charge in [0.15, 0.2) is 0 Å². The van der Waals surface area contributed by atoms with Crippen LogP contribution in [0.25, 0.3) is 0 Å². The Morgan fingerprint density at radius 2 is 1.13 bits per heavy atom. The molecule has 0 saturated heterocycles. The highest BCUT2D eigenvalue weighted by atomic mass is 14.8. The summed E-state index contributed by atoms with van der Waals surface area (Å²) in [6, 6.07) is 0. The molecule has 6 fully saturated rings. The normalized spacial score (nSPS) is 68.8. The molecule has 5 unspecified atom stereocenters. The fraction of sp³-hybridized carbons (Fsp3) is 1.00. The maximum Gasteiger partial charge on any atom is -0.0315 e. The van der Waals surface area contributed by atoms with Crippen molar-refractivity contribution < 1.29 is 0 Å². The summed E-state index contributed by atoms with van der Waals surface area (Å²) < 4.78 is 0. The van der Waals surface area contributed by atoms with Crippen molar-refractivity contribution >= 4 is 0 Å². The summed E-state index contributed by atoms with van der Waals surface area (Å²) >= 11 is 0. The summed E-state index contributed by atoms with van der Waals surface area (Å²) in [4.78, 5) is 0. The Labute approximate surface area is 92.8 Å². The summed E-state index contributed by atoms with van der Waals surface area (Å²) in [5, 5.41) is 0. The Bertz CT molecular complexity index is 276. The fourth-order valence-corrected chi connectivity index (χ4v) is 6.23. The van der Waals surface area contributed by atoms with Crippen molar-refractivity contribution in [3.8, 4) is 0 Å². The first kappa shape index (κ1) is 8.14. The van der Waals surface area contributed by atoms with Gasteiger partial charge in [0, 0.05) is 0 Å². The molecule has 2 bridgehead atoms. The Kier molecular flexibility index (Phi) is 1.34. The SMILES string of the molecule is C1CCC2CC(C3CC4C5C3C45)CC2C1. The molecule has 0 N–H and O–H groups in total. The average molecular weight is 202 g/mol. The maximum absolute atomic E-state index is 1.67. The molecular weight excluding hydrogens is 180 g/mol. The van der Waals surface area contributed by atoms with E-state index in [4.69, 9.17) is 0 Å². The molecule has 6 rings (SSSR count). The molecule has 5 atom stereocenters. The Hall–Kier alpha value is 0. The van der Waals surface area contributed by atoms with Crippen LogP contribution >= 0.6 is 0 Å². The molecule has 0 amide bonds. The first-order chi connectivity index (χ1) is 7.43. The van der Waals surface area contributed by atoms with Crippen LogP contribution in [0.2, 0.25) is 0 Å². The van der Waals surface area contributed by atoms with E-state index in [9.17, 15) is 0 Å². The predicted molar refractivity (Wildman–Crippen MR) is 60.2 cm³/mol. The van der Waals surface area contributed by atoms with Gasteiger partial charge in [0.05, 0.1) is 0 Å². The minimum atomic E-state index is 1.18. The van der Waals surface area contributed by atoms with Gasteiger partial charge in [-0.15, -0.1) is 0 Å².